The Morgan fingerprint density at radius 2 is 1.66 bits per heavy atom. The smallest absolute Gasteiger partial charge is 0.344 e. The molecule has 0 aliphatic rings. The molecule has 2 aromatic heterocycles. The van der Waals surface area contributed by atoms with Gasteiger partial charge in [-0.2, -0.15) is 0 Å². The van der Waals surface area contributed by atoms with Crippen molar-refractivity contribution in [2.75, 3.05) is 6.61 Å². The van der Waals surface area contributed by atoms with Gasteiger partial charge in [-0.15, -0.1) is 11.3 Å². The number of pyridine rings is 1. The second kappa shape index (κ2) is 9.12. The van der Waals surface area contributed by atoms with E-state index in [2.05, 4.69) is 9.97 Å². The number of carbonyl (C=O) groups excluding carboxylic acids is 1. The number of thiazole rings is 1. The molecular formula is C23H18N2O3S. The first-order valence-corrected chi connectivity index (χ1v) is 9.95. The summed E-state index contributed by atoms with van der Waals surface area (Å²) >= 11 is 1.47. The average Bonchev–Trinajstić information content (AvgIpc) is 3.27. The maximum Gasteiger partial charge on any atom is 0.344 e. The van der Waals surface area contributed by atoms with Crippen LogP contribution in [0.25, 0.3) is 21.8 Å². The van der Waals surface area contributed by atoms with E-state index in [1.807, 2.05) is 78.2 Å². The van der Waals surface area contributed by atoms with Crippen molar-refractivity contribution in [2.45, 2.75) is 6.61 Å². The first kappa shape index (κ1) is 18.8. The number of esters is 1. The molecule has 0 fully saturated rings. The van der Waals surface area contributed by atoms with Crippen molar-refractivity contribution >= 4 is 17.3 Å². The molecule has 2 heterocycles. The molecule has 0 N–H and O–H groups in total. The van der Waals surface area contributed by atoms with E-state index < -0.39 is 5.97 Å². The fraction of sp³-hybridized carbons (Fsp3) is 0.0870. The summed E-state index contributed by atoms with van der Waals surface area (Å²) in [6.45, 7) is -0.0413. The Morgan fingerprint density at radius 1 is 0.897 bits per heavy atom. The van der Waals surface area contributed by atoms with Gasteiger partial charge in [0.15, 0.2) is 6.61 Å². The van der Waals surface area contributed by atoms with Crippen LogP contribution in [0.1, 0.15) is 5.69 Å². The molecule has 0 saturated carbocycles. The van der Waals surface area contributed by atoms with Gasteiger partial charge in [-0.05, 0) is 35.4 Å². The first-order valence-electron chi connectivity index (χ1n) is 9.08. The molecule has 0 bridgehead atoms. The third kappa shape index (κ3) is 5.06. The summed E-state index contributed by atoms with van der Waals surface area (Å²) in [5.74, 6) is 0.178. The highest BCUT2D eigenvalue weighted by Gasteiger charge is 2.09. The van der Waals surface area contributed by atoms with Crippen molar-refractivity contribution in [2.24, 2.45) is 0 Å². The van der Waals surface area contributed by atoms with Crippen molar-refractivity contribution in [3.63, 3.8) is 0 Å². The Hall–Kier alpha value is -3.51. The van der Waals surface area contributed by atoms with Crippen LogP contribution in [0.3, 0.4) is 0 Å². The zero-order valence-corrected chi connectivity index (χ0v) is 16.3. The van der Waals surface area contributed by atoms with Gasteiger partial charge in [0, 0.05) is 11.6 Å². The molecule has 144 valence electrons. The summed E-state index contributed by atoms with van der Waals surface area (Å²) in [7, 11) is 0. The fourth-order valence-corrected chi connectivity index (χ4v) is 3.47. The SMILES string of the molecule is O=C(COc1ccc(-c2ccccc2)cc1)OCc1csc(-c2ccccn2)n1. The monoisotopic (exact) mass is 402 g/mol. The summed E-state index contributed by atoms with van der Waals surface area (Å²) in [6.07, 6.45) is 1.72. The zero-order chi connectivity index (χ0) is 19.9. The first-order chi connectivity index (χ1) is 14.3. The highest BCUT2D eigenvalue weighted by Crippen LogP contribution is 2.23. The predicted molar refractivity (Wildman–Crippen MR) is 113 cm³/mol. The van der Waals surface area contributed by atoms with Crippen molar-refractivity contribution in [3.05, 3.63) is 90.1 Å². The number of carbonyl (C=O) groups is 1. The van der Waals surface area contributed by atoms with E-state index in [1.165, 1.54) is 11.3 Å². The van der Waals surface area contributed by atoms with Gasteiger partial charge in [0.25, 0.3) is 0 Å². The minimum absolute atomic E-state index is 0.110. The van der Waals surface area contributed by atoms with Crippen LogP contribution in [0.5, 0.6) is 5.75 Å². The van der Waals surface area contributed by atoms with E-state index in [4.69, 9.17) is 9.47 Å². The molecule has 0 radical (unpaired) electrons. The quantitative estimate of drug-likeness (QED) is 0.407. The molecule has 0 amide bonds. The van der Waals surface area contributed by atoms with Crippen LogP contribution in [0, 0.1) is 0 Å². The largest absolute Gasteiger partial charge is 0.482 e. The third-order valence-corrected chi connectivity index (χ3v) is 5.05. The molecule has 0 unspecified atom stereocenters. The lowest BCUT2D eigenvalue weighted by atomic mass is 10.1. The molecule has 0 spiro atoms. The molecule has 0 saturated heterocycles. The second-order valence-electron chi connectivity index (χ2n) is 6.20. The third-order valence-electron chi connectivity index (χ3n) is 4.13. The van der Waals surface area contributed by atoms with Gasteiger partial charge in [0.05, 0.1) is 11.4 Å². The molecule has 29 heavy (non-hydrogen) atoms. The van der Waals surface area contributed by atoms with Crippen molar-refractivity contribution in [3.8, 4) is 27.6 Å². The van der Waals surface area contributed by atoms with Crippen LogP contribution in [-0.2, 0) is 16.1 Å². The Balaban J connectivity index is 1.26. The van der Waals surface area contributed by atoms with Gasteiger partial charge >= 0.3 is 5.97 Å². The summed E-state index contributed by atoms with van der Waals surface area (Å²) in [6, 6.07) is 23.3. The highest BCUT2D eigenvalue weighted by molar-refractivity contribution is 7.13. The zero-order valence-electron chi connectivity index (χ0n) is 15.5. The molecule has 5 nitrogen and oxygen atoms in total. The number of benzene rings is 2. The molecular weight excluding hydrogens is 384 g/mol. The van der Waals surface area contributed by atoms with Crippen LogP contribution in [0.2, 0.25) is 0 Å². The number of nitrogens with zero attached hydrogens (tertiary/aromatic N) is 2. The summed E-state index contributed by atoms with van der Waals surface area (Å²) in [5.41, 5.74) is 3.72. The van der Waals surface area contributed by atoms with Gasteiger partial charge < -0.3 is 9.47 Å². The van der Waals surface area contributed by atoms with Crippen LogP contribution in [0.15, 0.2) is 84.4 Å². The van der Waals surface area contributed by atoms with Gasteiger partial charge in [0.2, 0.25) is 0 Å². The van der Waals surface area contributed by atoms with E-state index in [0.717, 1.165) is 21.8 Å². The number of aromatic nitrogens is 2. The molecule has 0 atom stereocenters. The Kier molecular flexibility index (Phi) is 5.92. The maximum absolute atomic E-state index is 12.0. The number of hydrogen-bond donors (Lipinski definition) is 0. The predicted octanol–water partition coefficient (Wildman–Crippen LogP) is 4.99. The van der Waals surface area contributed by atoms with Crippen LogP contribution in [-0.4, -0.2) is 22.5 Å². The molecule has 2 aromatic carbocycles. The molecule has 0 aliphatic heterocycles. The lowest BCUT2D eigenvalue weighted by Gasteiger charge is -2.07. The Labute approximate surface area is 172 Å². The lowest BCUT2D eigenvalue weighted by molar-refractivity contribution is -0.147. The van der Waals surface area contributed by atoms with Crippen molar-refractivity contribution in [1.82, 2.24) is 9.97 Å². The van der Waals surface area contributed by atoms with Gasteiger partial charge in [-0.3, -0.25) is 4.98 Å². The highest BCUT2D eigenvalue weighted by atomic mass is 32.1. The molecule has 0 aliphatic carbocycles. The minimum Gasteiger partial charge on any atom is -0.482 e. The molecule has 4 aromatic rings. The summed E-state index contributed by atoms with van der Waals surface area (Å²) in [4.78, 5) is 20.7. The fourth-order valence-electron chi connectivity index (χ4n) is 2.69. The number of hydrogen-bond acceptors (Lipinski definition) is 6. The van der Waals surface area contributed by atoms with Gasteiger partial charge in [-0.25, -0.2) is 9.78 Å². The minimum atomic E-state index is -0.440. The van der Waals surface area contributed by atoms with E-state index in [-0.39, 0.29) is 13.2 Å². The lowest BCUT2D eigenvalue weighted by Crippen LogP contribution is -2.14. The standard InChI is InChI=1S/C23H18N2O3S/c26-22(28-14-19-16-29-23(25-19)21-8-4-5-13-24-21)15-27-20-11-9-18(10-12-20)17-6-2-1-3-7-17/h1-13,16H,14-15H2. The van der Waals surface area contributed by atoms with Crippen molar-refractivity contribution in [1.29, 1.82) is 0 Å². The van der Waals surface area contributed by atoms with Crippen molar-refractivity contribution < 1.29 is 14.3 Å². The number of ether oxygens (including phenoxy) is 2. The molecule has 6 heteroatoms. The van der Waals surface area contributed by atoms with Crippen LogP contribution in [0.4, 0.5) is 0 Å². The maximum atomic E-state index is 12.0. The summed E-state index contributed by atoms with van der Waals surface area (Å²) < 4.78 is 10.8. The topological polar surface area (TPSA) is 61.3 Å². The van der Waals surface area contributed by atoms with Gasteiger partial charge in [0.1, 0.15) is 17.4 Å². The van der Waals surface area contributed by atoms with Crippen LogP contribution >= 0.6 is 11.3 Å². The van der Waals surface area contributed by atoms with E-state index in [1.54, 1.807) is 6.20 Å². The van der Waals surface area contributed by atoms with E-state index in [0.29, 0.717) is 11.4 Å². The van der Waals surface area contributed by atoms with E-state index >= 15 is 0 Å². The number of rotatable bonds is 7. The average molecular weight is 402 g/mol. The van der Waals surface area contributed by atoms with Crippen LogP contribution < -0.4 is 4.74 Å². The normalized spacial score (nSPS) is 10.5. The molecule has 4 rings (SSSR count). The second-order valence-corrected chi connectivity index (χ2v) is 7.06. The van der Waals surface area contributed by atoms with Gasteiger partial charge in [-0.1, -0.05) is 48.5 Å². The Morgan fingerprint density at radius 3 is 2.41 bits per heavy atom. The summed E-state index contributed by atoms with van der Waals surface area (Å²) in [5, 5.41) is 2.66. The Bertz CT molecular complexity index is 1060. The van der Waals surface area contributed by atoms with E-state index in [9.17, 15) is 4.79 Å².